The number of nitrogens with one attached hydrogen (secondary N) is 1. The zero-order valence-corrected chi connectivity index (χ0v) is 10.4. The van der Waals surface area contributed by atoms with Crippen LogP contribution in [0.15, 0.2) is 53.6 Å². The molecule has 2 aromatic rings. The summed E-state index contributed by atoms with van der Waals surface area (Å²) in [7, 11) is 0. The molecule has 0 aliphatic heterocycles. The van der Waals surface area contributed by atoms with E-state index >= 15 is 0 Å². The first-order valence-corrected chi connectivity index (χ1v) is 5.81. The molecule has 19 heavy (non-hydrogen) atoms. The van der Waals surface area contributed by atoms with Gasteiger partial charge in [0.05, 0.1) is 6.21 Å². The van der Waals surface area contributed by atoms with Gasteiger partial charge in [0.1, 0.15) is 5.82 Å². The molecular formula is C15H13FN2O. The number of benzene rings is 2. The van der Waals surface area contributed by atoms with E-state index < -0.39 is 11.7 Å². The number of halogens is 1. The molecule has 1 amide bonds. The Hall–Kier alpha value is -2.49. The van der Waals surface area contributed by atoms with Crippen LogP contribution in [0.25, 0.3) is 0 Å². The quantitative estimate of drug-likeness (QED) is 0.665. The monoisotopic (exact) mass is 256 g/mol. The molecule has 0 atom stereocenters. The highest BCUT2D eigenvalue weighted by Crippen LogP contribution is 2.03. The predicted molar refractivity (Wildman–Crippen MR) is 72.6 cm³/mol. The van der Waals surface area contributed by atoms with E-state index in [-0.39, 0.29) is 5.56 Å². The van der Waals surface area contributed by atoms with Crippen LogP contribution in [-0.4, -0.2) is 12.1 Å². The van der Waals surface area contributed by atoms with Crippen molar-refractivity contribution in [3.63, 3.8) is 0 Å². The number of hydrogen-bond donors (Lipinski definition) is 1. The minimum Gasteiger partial charge on any atom is -0.267 e. The molecule has 96 valence electrons. The second-order valence-electron chi connectivity index (χ2n) is 4.12. The summed E-state index contributed by atoms with van der Waals surface area (Å²) >= 11 is 0. The van der Waals surface area contributed by atoms with Crippen molar-refractivity contribution in [2.24, 2.45) is 5.10 Å². The highest BCUT2D eigenvalue weighted by atomic mass is 19.1. The fourth-order valence-corrected chi connectivity index (χ4v) is 1.61. The highest BCUT2D eigenvalue weighted by molar-refractivity contribution is 5.94. The van der Waals surface area contributed by atoms with Gasteiger partial charge in [-0.3, -0.25) is 4.79 Å². The summed E-state index contributed by atoms with van der Waals surface area (Å²) in [6.45, 7) is 1.97. The number of carbonyl (C=O) groups excluding carboxylic acids is 1. The van der Waals surface area contributed by atoms with Crippen molar-refractivity contribution in [3.8, 4) is 0 Å². The van der Waals surface area contributed by atoms with Crippen LogP contribution >= 0.6 is 0 Å². The summed E-state index contributed by atoms with van der Waals surface area (Å²) in [6, 6.07) is 13.2. The van der Waals surface area contributed by atoms with Crippen molar-refractivity contribution in [3.05, 3.63) is 71.0 Å². The number of hydrogen-bond acceptors (Lipinski definition) is 2. The molecule has 0 aliphatic rings. The molecule has 2 rings (SSSR count). The molecule has 0 aliphatic carbocycles. The van der Waals surface area contributed by atoms with Crippen LogP contribution in [0.2, 0.25) is 0 Å². The Morgan fingerprint density at radius 3 is 2.74 bits per heavy atom. The van der Waals surface area contributed by atoms with Gasteiger partial charge in [0, 0.05) is 5.56 Å². The Bertz CT molecular complexity index is 623. The third-order valence-electron chi connectivity index (χ3n) is 2.51. The second-order valence-corrected chi connectivity index (χ2v) is 4.12. The van der Waals surface area contributed by atoms with Crippen molar-refractivity contribution in [2.75, 3.05) is 0 Å². The average Bonchev–Trinajstić information content (AvgIpc) is 2.38. The molecular weight excluding hydrogens is 243 g/mol. The van der Waals surface area contributed by atoms with Crippen molar-refractivity contribution in [2.45, 2.75) is 6.92 Å². The Morgan fingerprint density at radius 2 is 2.00 bits per heavy atom. The minimum absolute atomic E-state index is 0.237. The topological polar surface area (TPSA) is 41.5 Å². The zero-order valence-electron chi connectivity index (χ0n) is 10.4. The third-order valence-corrected chi connectivity index (χ3v) is 2.51. The molecule has 0 spiro atoms. The molecule has 0 fully saturated rings. The standard InChI is InChI=1S/C15H13FN2O/c1-11-4-2-5-12(8-11)10-17-18-15(19)13-6-3-7-14(16)9-13/h2-10H,1H3,(H,18,19)/b17-10+. The first-order valence-electron chi connectivity index (χ1n) is 5.81. The van der Waals surface area contributed by atoms with E-state index in [2.05, 4.69) is 10.5 Å². The number of amides is 1. The van der Waals surface area contributed by atoms with E-state index in [4.69, 9.17) is 0 Å². The SMILES string of the molecule is Cc1cccc(/C=N/NC(=O)c2cccc(F)c2)c1. The number of carbonyl (C=O) groups is 1. The smallest absolute Gasteiger partial charge is 0.267 e. The summed E-state index contributed by atoms with van der Waals surface area (Å²) in [5.74, 6) is -0.890. The molecule has 4 heteroatoms. The Kier molecular flexibility index (Phi) is 4.03. The van der Waals surface area contributed by atoms with E-state index in [1.807, 2.05) is 31.2 Å². The largest absolute Gasteiger partial charge is 0.271 e. The molecule has 3 nitrogen and oxygen atoms in total. The van der Waals surface area contributed by atoms with Crippen LogP contribution in [0, 0.1) is 12.7 Å². The van der Waals surface area contributed by atoms with Crippen LogP contribution < -0.4 is 5.43 Å². The summed E-state index contributed by atoms with van der Waals surface area (Å²) in [5, 5.41) is 3.84. The zero-order chi connectivity index (χ0) is 13.7. The number of rotatable bonds is 3. The van der Waals surface area contributed by atoms with Crippen LogP contribution in [0.5, 0.6) is 0 Å². The van der Waals surface area contributed by atoms with Gasteiger partial charge in [-0.1, -0.05) is 35.9 Å². The molecule has 0 heterocycles. The molecule has 0 bridgehead atoms. The normalized spacial score (nSPS) is 10.6. The predicted octanol–water partition coefficient (Wildman–Crippen LogP) is 2.90. The van der Waals surface area contributed by atoms with Crippen molar-refractivity contribution in [1.29, 1.82) is 0 Å². The van der Waals surface area contributed by atoms with Gasteiger partial charge in [0.25, 0.3) is 5.91 Å². The first-order chi connectivity index (χ1) is 9.15. The van der Waals surface area contributed by atoms with Gasteiger partial charge in [-0.2, -0.15) is 5.10 Å². The van der Waals surface area contributed by atoms with E-state index in [9.17, 15) is 9.18 Å². The molecule has 0 saturated carbocycles. The molecule has 0 radical (unpaired) electrons. The van der Waals surface area contributed by atoms with Crippen molar-refractivity contribution >= 4 is 12.1 Å². The maximum absolute atomic E-state index is 12.9. The molecule has 0 aromatic heterocycles. The maximum atomic E-state index is 12.9. The molecule has 0 saturated heterocycles. The van der Waals surface area contributed by atoms with E-state index in [1.54, 1.807) is 6.21 Å². The lowest BCUT2D eigenvalue weighted by atomic mass is 10.2. The van der Waals surface area contributed by atoms with Crippen molar-refractivity contribution in [1.82, 2.24) is 5.43 Å². The number of hydrazone groups is 1. The molecule has 0 unspecified atom stereocenters. The fourth-order valence-electron chi connectivity index (χ4n) is 1.61. The summed E-state index contributed by atoms with van der Waals surface area (Å²) in [4.78, 5) is 11.7. The Morgan fingerprint density at radius 1 is 1.21 bits per heavy atom. The van der Waals surface area contributed by atoms with Gasteiger partial charge in [-0.15, -0.1) is 0 Å². The Balaban J connectivity index is 2.01. The highest BCUT2D eigenvalue weighted by Gasteiger charge is 2.04. The summed E-state index contributed by atoms with van der Waals surface area (Å²) in [5.41, 5.74) is 4.60. The van der Waals surface area contributed by atoms with E-state index in [0.29, 0.717) is 0 Å². The van der Waals surface area contributed by atoms with Crippen LogP contribution in [0.1, 0.15) is 21.5 Å². The lowest BCUT2D eigenvalue weighted by Crippen LogP contribution is -2.17. The van der Waals surface area contributed by atoms with E-state index in [1.165, 1.54) is 18.2 Å². The minimum atomic E-state index is -0.449. The number of aryl methyl sites for hydroxylation is 1. The van der Waals surface area contributed by atoms with Gasteiger partial charge in [0.15, 0.2) is 0 Å². The van der Waals surface area contributed by atoms with Gasteiger partial charge in [-0.05, 0) is 30.7 Å². The fraction of sp³-hybridized carbons (Fsp3) is 0.0667. The van der Waals surface area contributed by atoms with Crippen molar-refractivity contribution < 1.29 is 9.18 Å². The van der Waals surface area contributed by atoms with Crippen LogP contribution in [-0.2, 0) is 0 Å². The third kappa shape index (κ3) is 3.74. The van der Waals surface area contributed by atoms with Gasteiger partial charge in [-0.25, -0.2) is 9.82 Å². The lowest BCUT2D eigenvalue weighted by Gasteiger charge is -2.00. The van der Waals surface area contributed by atoms with Gasteiger partial charge in [0.2, 0.25) is 0 Å². The maximum Gasteiger partial charge on any atom is 0.271 e. The van der Waals surface area contributed by atoms with Crippen LogP contribution in [0.4, 0.5) is 4.39 Å². The van der Waals surface area contributed by atoms with Gasteiger partial charge >= 0.3 is 0 Å². The van der Waals surface area contributed by atoms with Gasteiger partial charge < -0.3 is 0 Å². The Labute approximate surface area is 110 Å². The number of nitrogens with zero attached hydrogens (tertiary/aromatic N) is 1. The first kappa shape index (κ1) is 13.0. The summed E-state index contributed by atoms with van der Waals surface area (Å²) < 4.78 is 12.9. The molecule has 1 N–H and O–H groups in total. The van der Waals surface area contributed by atoms with Crippen LogP contribution in [0.3, 0.4) is 0 Å². The lowest BCUT2D eigenvalue weighted by molar-refractivity contribution is 0.0954. The van der Waals surface area contributed by atoms with E-state index in [0.717, 1.165) is 17.2 Å². The average molecular weight is 256 g/mol. The summed E-state index contributed by atoms with van der Waals surface area (Å²) in [6.07, 6.45) is 1.55. The molecule has 2 aromatic carbocycles. The second kappa shape index (κ2) is 5.91.